The summed E-state index contributed by atoms with van der Waals surface area (Å²) in [4.78, 5) is 78.8. The van der Waals surface area contributed by atoms with Crippen LogP contribution in [0.15, 0.2) is 35.5 Å². The van der Waals surface area contributed by atoms with E-state index in [0.717, 1.165) is 57.3 Å². The number of halogens is 2. The van der Waals surface area contributed by atoms with Crippen molar-refractivity contribution in [3.05, 3.63) is 47.0 Å². The highest BCUT2D eigenvalue weighted by Gasteiger charge is 2.54. The number of nitriles is 1. The summed E-state index contributed by atoms with van der Waals surface area (Å²) in [5.41, 5.74) is 0.195. The number of hydrogen-bond donors (Lipinski definition) is 2. The second kappa shape index (κ2) is 18.0. The van der Waals surface area contributed by atoms with Gasteiger partial charge in [-0.3, -0.25) is 39.3 Å². The molecule has 18 heteroatoms. The molecular weight excluding hydrogens is 769 g/mol. The predicted octanol–water partition coefficient (Wildman–Crippen LogP) is 4.35. The average Bonchev–Trinajstić information content (AvgIpc) is 3.29. The first kappa shape index (κ1) is 42.3. The number of pyridine rings is 2. The molecule has 3 aliphatic heterocycles. The van der Waals surface area contributed by atoms with Crippen LogP contribution in [0.2, 0.25) is 5.02 Å². The summed E-state index contributed by atoms with van der Waals surface area (Å²) in [6, 6.07) is 6.73. The van der Waals surface area contributed by atoms with E-state index in [2.05, 4.69) is 44.2 Å². The van der Waals surface area contributed by atoms with E-state index in [1.54, 1.807) is 37.1 Å². The first-order valence-corrected chi connectivity index (χ1v) is 19.5. The maximum absolute atomic E-state index is 13.6. The molecule has 4 aliphatic rings. The minimum atomic E-state index is -1.01. The van der Waals surface area contributed by atoms with Gasteiger partial charge in [0.2, 0.25) is 17.7 Å². The van der Waals surface area contributed by atoms with Crippen molar-refractivity contribution < 1.29 is 28.7 Å². The summed E-state index contributed by atoms with van der Waals surface area (Å²) in [7, 11) is 0. The highest BCUT2D eigenvalue weighted by molar-refractivity contribution is 7.98. The number of nitrogens with zero attached hydrogens (tertiary/aromatic N) is 7. The second-order valence-corrected chi connectivity index (χ2v) is 16.4. The minimum Gasteiger partial charge on any atom is -0.377 e. The number of amides is 6. The quantitative estimate of drug-likeness (QED) is 0.186. The van der Waals surface area contributed by atoms with Crippen LogP contribution in [0.1, 0.15) is 83.5 Å². The largest absolute Gasteiger partial charge is 0.377 e. The molecule has 0 spiro atoms. The molecule has 296 valence electrons. The maximum Gasteiger partial charge on any atom is 0.338 e. The zero-order valence-electron chi connectivity index (χ0n) is 31.3. The van der Waals surface area contributed by atoms with Crippen LogP contribution >= 0.6 is 36.0 Å². The SMILES string of the molecule is C[C@@H]1CN(CCOC2CCC(N3C(=O)N(Sc4cnc(C#N)c(Cl)c4)C(=O)C3(C)C)CC2)C[C@H](C)N1CC(=O)Nc1ccc(C2CCC(=O)NC2=O)nc1.Cl. The molecule has 3 atom stereocenters. The van der Waals surface area contributed by atoms with Gasteiger partial charge in [0.05, 0.1) is 47.8 Å². The van der Waals surface area contributed by atoms with Gasteiger partial charge in [-0.25, -0.2) is 9.78 Å². The van der Waals surface area contributed by atoms with Gasteiger partial charge >= 0.3 is 6.03 Å². The van der Waals surface area contributed by atoms with Crippen molar-refractivity contribution in [2.24, 2.45) is 0 Å². The normalized spacial score (nSPS) is 26.0. The molecule has 15 nitrogen and oxygen atoms in total. The van der Waals surface area contributed by atoms with Crippen LogP contribution in [-0.4, -0.2) is 121 Å². The van der Waals surface area contributed by atoms with E-state index in [9.17, 15) is 24.0 Å². The van der Waals surface area contributed by atoms with Crippen LogP contribution in [0.25, 0.3) is 0 Å². The molecule has 0 aromatic carbocycles. The molecule has 3 saturated heterocycles. The maximum atomic E-state index is 13.6. The number of urea groups is 1. The molecule has 2 N–H and O–H groups in total. The Kier molecular flexibility index (Phi) is 13.8. The molecule has 1 saturated carbocycles. The fourth-order valence-electron chi connectivity index (χ4n) is 7.93. The van der Waals surface area contributed by atoms with Crippen molar-refractivity contribution in [3.63, 3.8) is 0 Å². The third-order valence-electron chi connectivity index (χ3n) is 10.7. The Bertz CT molecular complexity index is 1810. The third-order valence-corrected chi connectivity index (χ3v) is 12.0. The number of imide groups is 2. The molecule has 6 rings (SSSR count). The summed E-state index contributed by atoms with van der Waals surface area (Å²) in [5.74, 6) is -1.54. The molecule has 2 aromatic rings. The van der Waals surface area contributed by atoms with Gasteiger partial charge in [0.25, 0.3) is 5.91 Å². The molecule has 6 amide bonds. The topological polar surface area (TPSA) is 181 Å². The molecule has 5 heterocycles. The molecule has 1 unspecified atom stereocenters. The summed E-state index contributed by atoms with van der Waals surface area (Å²) in [5, 5.41) is 14.5. The predicted molar refractivity (Wildman–Crippen MR) is 207 cm³/mol. The zero-order chi connectivity index (χ0) is 38.7. The first-order chi connectivity index (χ1) is 25.7. The van der Waals surface area contributed by atoms with E-state index in [-0.39, 0.29) is 90.0 Å². The van der Waals surface area contributed by atoms with Crippen LogP contribution in [0.5, 0.6) is 0 Å². The van der Waals surface area contributed by atoms with Gasteiger partial charge in [-0.05, 0) is 78.0 Å². The van der Waals surface area contributed by atoms with Gasteiger partial charge in [0.1, 0.15) is 11.6 Å². The monoisotopic (exact) mass is 815 g/mol. The number of piperazine rings is 1. The number of rotatable bonds is 11. The Morgan fingerprint density at radius 1 is 1.07 bits per heavy atom. The number of ether oxygens (including phenoxy) is 1. The lowest BCUT2D eigenvalue weighted by atomic mass is 9.89. The number of nitrogens with one attached hydrogen (secondary N) is 2. The zero-order valence-corrected chi connectivity index (χ0v) is 33.7. The number of hydrogen-bond acceptors (Lipinski definition) is 12. The average molecular weight is 817 g/mol. The highest BCUT2D eigenvalue weighted by Crippen LogP contribution is 2.40. The number of aromatic nitrogens is 2. The molecule has 1 aliphatic carbocycles. The van der Waals surface area contributed by atoms with Crippen molar-refractivity contribution in [1.82, 2.24) is 34.3 Å². The number of carbonyl (C=O) groups is 5. The Balaban J connectivity index is 0.00000580. The lowest BCUT2D eigenvalue weighted by molar-refractivity contribution is -0.134. The summed E-state index contributed by atoms with van der Waals surface area (Å²) in [6.07, 6.45) is 6.77. The Hall–Kier alpha value is -3.85. The van der Waals surface area contributed by atoms with E-state index in [4.69, 9.17) is 21.6 Å². The number of carbonyl (C=O) groups excluding carboxylic acids is 5. The summed E-state index contributed by atoms with van der Waals surface area (Å²) >= 11 is 7.10. The standard InChI is InChI=1S/C37H46ClN9O6S.ClH/c1-22-19-44(20-23(2)45(22)21-33(49)42-24-5-11-30(40-17-24)28-10-12-32(48)43-34(28)50)13-14-53-26-8-6-25(7-9-26)46-36(52)47(35(51)37(46,3)4)54-27-15-29(38)31(16-39)41-18-27;/h5,11,15,17-18,22-23,25-26,28H,6-10,12-14,19-21H2,1-4H3,(H,42,49)(H,43,48,50);1H/t22-,23+,25?,26?,28?;. The van der Waals surface area contributed by atoms with Gasteiger partial charge in [-0.2, -0.15) is 9.57 Å². The number of piperidine rings is 1. The Morgan fingerprint density at radius 3 is 2.40 bits per heavy atom. The molecule has 55 heavy (non-hydrogen) atoms. The third kappa shape index (κ3) is 9.58. The van der Waals surface area contributed by atoms with Gasteiger partial charge in [-0.1, -0.05) is 11.6 Å². The van der Waals surface area contributed by atoms with E-state index in [1.807, 2.05) is 6.07 Å². The Morgan fingerprint density at radius 2 is 1.78 bits per heavy atom. The number of anilines is 1. The lowest BCUT2D eigenvalue weighted by Gasteiger charge is -2.44. The van der Waals surface area contributed by atoms with Crippen LogP contribution in [0.4, 0.5) is 10.5 Å². The molecule has 0 bridgehead atoms. The van der Waals surface area contributed by atoms with Crippen LogP contribution in [0, 0.1) is 11.3 Å². The summed E-state index contributed by atoms with van der Waals surface area (Å²) < 4.78 is 7.49. The fourth-order valence-corrected chi connectivity index (χ4v) is 9.16. The van der Waals surface area contributed by atoms with Crippen molar-refractivity contribution in [1.29, 1.82) is 5.26 Å². The lowest BCUT2D eigenvalue weighted by Crippen LogP contribution is -2.58. The van der Waals surface area contributed by atoms with Gasteiger partial charge in [-0.15, -0.1) is 12.4 Å². The Labute approximate surface area is 336 Å². The minimum absolute atomic E-state index is 0. The highest BCUT2D eigenvalue weighted by atomic mass is 35.5. The van der Waals surface area contributed by atoms with E-state index in [1.165, 1.54) is 16.6 Å². The van der Waals surface area contributed by atoms with E-state index < -0.39 is 11.5 Å². The molecule has 0 radical (unpaired) electrons. The first-order valence-electron chi connectivity index (χ1n) is 18.4. The summed E-state index contributed by atoms with van der Waals surface area (Å²) in [6.45, 7) is 11.0. The van der Waals surface area contributed by atoms with Crippen molar-refractivity contribution in [2.75, 3.05) is 38.1 Å². The van der Waals surface area contributed by atoms with Crippen molar-refractivity contribution >= 4 is 71.3 Å². The molecular formula is C37H47Cl2N9O6S. The van der Waals surface area contributed by atoms with Crippen LogP contribution < -0.4 is 10.6 Å². The van der Waals surface area contributed by atoms with Crippen LogP contribution in [0.3, 0.4) is 0 Å². The molecule has 4 fully saturated rings. The van der Waals surface area contributed by atoms with Crippen molar-refractivity contribution in [2.45, 2.75) is 107 Å². The van der Waals surface area contributed by atoms with E-state index in [0.29, 0.717) is 29.3 Å². The van der Waals surface area contributed by atoms with Gasteiger partial charge in [0, 0.05) is 67.2 Å². The van der Waals surface area contributed by atoms with Crippen molar-refractivity contribution in [3.8, 4) is 6.07 Å². The van der Waals surface area contributed by atoms with Gasteiger partial charge in [0.15, 0.2) is 5.69 Å². The van der Waals surface area contributed by atoms with Gasteiger partial charge < -0.3 is 15.0 Å². The smallest absolute Gasteiger partial charge is 0.338 e. The second-order valence-electron chi connectivity index (χ2n) is 15.0. The fraction of sp³-hybridized carbons (Fsp3) is 0.568. The van der Waals surface area contributed by atoms with E-state index >= 15 is 0 Å². The molecule has 2 aromatic heterocycles. The van der Waals surface area contributed by atoms with Crippen LogP contribution in [-0.2, 0) is 23.9 Å².